The van der Waals surface area contributed by atoms with Gasteiger partial charge in [-0.1, -0.05) is 30.3 Å². The second-order valence-corrected chi connectivity index (χ2v) is 6.22. The molecule has 0 aliphatic carbocycles. The van der Waals surface area contributed by atoms with Crippen LogP contribution in [0, 0.1) is 5.82 Å². The molecule has 1 aliphatic heterocycles. The van der Waals surface area contributed by atoms with Crippen molar-refractivity contribution in [3.63, 3.8) is 0 Å². The molecule has 136 valence electrons. The van der Waals surface area contributed by atoms with E-state index in [1.807, 2.05) is 31.2 Å². The Morgan fingerprint density at radius 1 is 1.23 bits per heavy atom. The lowest BCUT2D eigenvalue weighted by Crippen LogP contribution is -2.41. The number of benzene rings is 2. The molecule has 4 nitrogen and oxygen atoms in total. The van der Waals surface area contributed by atoms with Crippen molar-refractivity contribution in [1.82, 2.24) is 4.90 Å². The van der Waals surface area contributed by atoms with E-state index in [9.17, 15) is 9.18 Å². The fourth-order valence-corrected chi connectivity index (χ4v) is 2.99. The summed E-state index contributed by atoms with van der Waals surface area (Å²) in [7, 11) is 1.62. The van der Waals surface area contributed by atoms with Gasteiger partial charge in [0.1, 0.15) is 17.7 Å². The normalized spacial score (nSPS) is 17.9. The number of morpholine rings is 1. The summed E-state index contributed by atoms with van der Waals surface area (Å²) < 4.78 is 24.8. The summed E-state index contributed by atoms with van der Waals surface area (Å²) in [6, 6.07) is 14.1. The lowest BCUT2D eigenvalue weighted by atomic mass is 10.1. The predicted octanol–water partition coefficient (Wildman–Crippen LogP) is 3.84. The van der Waals surface area contributed by atoms with Crippen LogP contribution in [-0.2, 0) is 9.53 Å². The van der Waals surface area contributed by atoms with Gasteiger partial charge in [-0.05, 0) is 36.3 Å². The van der Waals surface area contributed by atoms with Gasteiger partial charge in [-0.25, -0.2) is 4.39 Å². The molecular formula is C21H22FNO3. The lowest BCUT2D eigenvalue weighted by Gasteiger charge is -2.32. The van der Waals surface area contributed by atoms with Crippen molar-refractivity contribution in [2.45, 2.75) is 13.0 Å². The van der Waals surface area contributed by atoms with Crippen molar-refractivity contribution in [2.24, 2.45) is 0 Å². The highest BCUT2D eigenvalue weighted by molar-refractivity contribution is 5.95. The number of carbonyl (C=O) groups is 1. The summed E-state index contributed by atoms with van der Waals surface area (Å²) in [5, 5.41) is 0. The summed E-state index contributed by atoms with van der Waals surface area (Å²) in [6.07, 6.45) is 1.18. The van der Waals surface area contributed by atoms with E-state index in [0.717, 1.165) is 16.9 Å². The molecule has 0 aromatic heterocycles. The second kappa shape index (κ2) is 8.15. The third-order valence-corrected chi connectivity index (χ3v) is 4.52. The third kappa shape index (κ3) is 4.11. The van der Waals surface area contributed by atoms with E-state index in [-0.39, 0.29) is 11.7 Å². The second-order valence-electron chi connectivity index (χ2n) is 6.22. The van der Waals surface area contributed by atoms with Crippen molar-refractivity contribution in [1.29, 1.82) is 0 Å². The van der Waals surface area contributed by atoms with E-state index < -0.39 is 6.10 Å². The Morgan fingerprint density at radius 3 is 2.65 bits per heavy atom. The number of carbonyl (C=O) groups excluding carboxylic acids is 1. The van der Waals surface area contributed by atoms with Crippen LogP contribution >= 0.6 is 0 Å². The van der Waals surface area contributed by atoms with Crippen LogP contribution in [0.2, 0.25) is 0 Å². The lowest BCUT2D eigenvalue weighted by molar-refractivity contribution is -0.133. The standard InChI is InChI=1S/C21H22FNO3/c1-15(16-7-9-17(25-2)10-8-16)13-21(24)23-11-12-26-20(14-23)18-5-3-4-6-19(18)22/h3-10,13,20H,11-12,14H2,1-2H3/b15-13+. The number of halogens is 1. The van der Waals surface area contributed by atoms with Crippen LogP contribution in [0.15, 0.2) is 54.6 Å². The molecule has 0 bridgehead atoms. The van der Waals surface area contributed by atoms with Gasteiger partial charge in [0.25, 0.3) is 0 Å². The van der Waals surface area contributed by atoms with E-state index in [1.54, 1.807) is 36.3 Å². The van der Waals surface area contributed by atoms with Crippen molar-refractivity contribution in [3.05, 3.63) is 71.6 Å². The minimum absolute atomic E-state index is 0.0945. The van der Waals surface area contributed by atoms with Crippen LogP contribution in [0.25, 0.3) is 5.57 Å². The zero-order chi connectivity index (χ0) is 18.5. The Hall–Kier alpha value is -2.66. The Balaban J connectivity index is 1.71. The minimum atomic E-state index is -0.441. The molecule has 2 aromatic carbocycles. The molecule has 0 spiro atoms. The zero-order valence-corrected chi connectivity index (χ0v) is 14.9. The van der Waals surface area contributed by atoms with Gasteiger partial charge in [0.05, 0.1) is 20.3 Å². The first kappa shape index (κ1) is 18.1. The molecular weight excluding hydrogens is 333 g/mol. The predicted molar refractivity (Wildman–Crippen MR) is 98.3 cm³/mol. The molecule has 0 radical (unpaired) electrons. The van der Waals surface area contributed by atoms with E-state index in [0.29, 0.717) is 25.3 Å². The van der Waals surface area contributed by atoms with Crippen LogP contribution in [0.3, 0.4) is 0 Å². The van der Waals surface area contributed by atoms with Crippen LogP contribution in [-0.4, -0.2) is 37.6 Å². The third-order valence-electron chi connectivity index (χ3n) is 4.52. The number of ether oxygens (including phenoxy) is 2. The maximum atomic E-state index is 14.0. The minimum Gasteiger partial charge on any atom is -0.497 e. The maximum Gasteiger partial charge on any atom is 0.247 e. The molecule has 0 saturated carbocycles. The van der Waals surface area contributed by atoms with Gasteiger partial charge in [-0.15, -0.1) is 0 Å². The van der Waals surface area contributed by atoms with Crippen LogP contribution in [0.1, 0.15) is 24.2 Å². The molecule has 1 amide bonds. The number of methoxy groups -OCH3 is 1. The van der Waals surface area contributed by atoms with Crippen molar-refractivity contribution in [3.8, 4) is 5.75 Å². The van der Waals surface area contributed by atoms with E-state index in [1.165, 1.54) is 6.07 Å². The average molecular weight is 355 g/mol. The molecule has 1 aliphatic rings. The first-order valence-corrected chi connectivity index (χ1v) is 8.56. The topological polar surface area (TPSA) is 38.8 Å². The zero-order valence-electron chi connectivity index (χ0n) is 14.9. The molecule has 1 saturated heterocycles. The SMILES string of the molecule is COc1ccc(/C(C)=C/C(=O)N2CCOC(c3ccccc3F)C2)cc1. The van der Waals surface area contributed by atoms with E-state index in [4.69, 9.17) is 9.47 Å². The van der Waals surface area contributed by atoms with Crippen molar-refractivity contribution >= 4 is 11.5 Å². The van der Waals surface area contributed by atoms with Gasteiger partial charge >= 0.3 is 0 Å². The number of hydrogen-bond acceptors (Lipinski definition) is 3. The van der Waals surface area contributed by atoms with Crippen molar-refractivity contribution < 1.29 is 18.7 Å². The van der Waals surface area contributed by atoms with Crippen LogP contribution < -0.4 is 4.74 Å². The number of rotatable bonds is 4. The Bertz CT molecular complexity index is 801. The molecule has 3 rings (SSSR count). The monoisotopic (exact) mass is 355 g/mol. The van der Waals surface area contributed by atoms with Gasteiger partial charge in [0.15, 0.2) is 0 Å². The molecule has 0 N–H and O–H groups in total. The Morgan fingerprint density at radius 2 is 1.96 bits per heavy atom. The van der Waals surface area contributed by atoms with E-state index in [2.05, 4.69) is 0 Å². The smallest absolute Gasteiger partial charge is 0.247 e. The summed E-state index contributed by atoms with van der Waals surface area (Å²) in [5.41, 5.74) is 2.31. The van der Waals surface area contributed by atoms with Gasteiger partial charge in [0.2, 0.25) is 5.91 Å². The highest BCUT2D eigenvalue weighted by atomic mass is 19.1. The fourth-order valence-electron chi connectivity index (χ4n) is 2.99. The number of allylic oxidation sites excluding steroid dienone is 1. The van der Waals surface area contributed by atoms with E-state index >= 15 is 0 Å². The highest BCUT2D eigenvalue weighted by Gasteiger charge is 2.26. The molecule has 26 heavy (non-hydrogen) atoms. The Labute approximate surface area is 152 Å². The quantitative estimate of drug-likeness (QED) is 0.782. The number of amides is 1. The first-order chi connectivity index (χ1) is 12.6. The summed E-state index contributed by atoms with van der Waals surface area (Å²) in [4.78, 5) is 14.3. The number of hydrogen-bond donors (Lipinski definition) is 0. The molecule has 2 aromatic rings. The number of nitrogens with zero attached hydrogens (tertiary/aromatic N) is 1. The van der Waals surface area contributed by atoms with Crippen LogP contribution in [0.5, 0.6) is 5.75 Å². The Kier molecular flexibility index (Phi) is 5.68. The van der Waals surface area contributed by atoms with Gasteiger partial charge in [-0.2, -0.15) is 0 Å². The summed E-state index contributed by atoms with van der Waals surface area (Å²) in [6.45, 7) is 3.12. The highest BCUT2D eigenvalue weighted by Crippen LogP contribution is 2.25. The van der Waals surface area contributed by atoms with Crippen molar-refractivity contribution in [2.75, 3.05) is 26.8 Å². The largest absolute Gasteiger partial charge is 0.497 e. The fraction of sp³-hybridized carbons (Fsp3) is 0.286. The molecule has 5 heteroatoms. The maximum absolute atomic E-state index is 14.0. The van der Waals surface area contributed by atoms with Gasteiger partial charge < -0.3 is 14.4 Å². The van der Waals surface area contributed by atoms with Gasteiger partial charge in [-0.3, -0.25) is 4.79 Å². The molecule has 1 fully saturated rings. The van der Waals surface area contributed by atoms with Crippen LogP contribution in [0.4, 0.5) is 4.39 Å². The van der Waals surface area contributed by atoms with Gasteiger partial charge in [0, 0.05) is 18.2 Å². The summed E-state index contributed by atoms with van der Waals surface area (Å²) >= 11 is 0. The first-order valence-electron chi connectivity index (χ1n) is 8.56. The summed E-state index contributed by atoms with van der Waals surface area (Å²) in [5.74, 6) is 0.369. The molecule has 1 unspecified atom stereocenters. The molecule has 1 atom stereocenters. The average Bonchev–Trinajstić information content (AvgIpc) is 2.68. The molecule has 1 heterocycles.